The summed E-state index contributed by atoms with van der Waals surface area (Å²) < 4.78 is 15.7. The van der Waals surface area contributed by atoms with Crippen LogP contribution in [0.2, 0.25) is 5.02 Å². The Balaban J connectivity index is 1.51. The van der Waals surface area contributed by atoms with Gasteiger partial charge in [-0.2, -0.15) is 0 Å². The summed E-state index contributed by atoms with van der Waals surface area (Å²) in [7, 11) is 0. The summed E-state index contributed by atoms with van der Waals surface area (Å²) in [6.45, 7) is 7.16. The van der Waals surface area contributed by atoms with Crippen molar-refractivity contribution >= 4 is 28.4 Å². The topological polar surface area (TPSA) is 28.5 Å². The van der Waals surface area contributed by atoms with Gasteiger partial charge in [0.1, 0.15) is 5.82 Å². The number of hydrogen-bond donors (Lipinski definition) is 0. The van der Waals surface area contributed by atoms with Crippen molar-refractivity contribution in [1.82, 2.24) is 14.4 Å². The summed E-state index contributed by atoms with van der Waals surface area (Å²) in [6.07, 6.45) is 2.54. The van der Waals surface area contributed by atoms with Gasteiger partial charge in [-0.05, 0) is 53.6 Å². The van der Waals surface area contributed by atoms with Gasteiger partial charge in [0, 0.05) is 67.2 Å². The summed E-state index contributed by atoms with van der Waals surface area (Å²) in [5, 5.41) is 1.78. The van der Waals surface area contributed by atoms with Crippen molar-refractivity contribution in [3.8, 4) is 0 Å². The van der Waals surface area contributed by atoms with E-state index in [0.717, 1.165) is 60.3 Å². The molecule has 3 aromatic carbocycles. The molecule has 0 N–H and O–H groups in total. The minimum Gasteiger partial charge on any atom is -0.343 e. The van der Waals surface area contributed by atoms with Gasteiger partial charge in [-0.1, -0.05) is 61.0 Å². The minimum atomic E-state index is -0.240. The van der Waals surface area contributed by atoms with E-state index in [1.807, 2.05) is 47.4 Å². The quantitative estimate of drug-likeness (QED) is 0.302. The van der Waals surface area contributed by atoms with Crippen LogP contribution in [0.25, 0.3) is 10.9 Å². The number of benzene rings is 3. The van der Waals surface area contributed by atoms with Crippen LogP contribution < -0.4 is 0 Å². The average Bonchev–Trinajstić information content (AvgIpc) is 3.26. The third-order valence-electron chi connectivity index (χ3n) is 7.26. The van der Waals surface area contributed by atoms with E-state index in [4.69, 9.17) is 11.6 Å². The van der Waals surface area contributed by atoms with Gasteiger partial charge < -0.3 is 14.4 Å². The molecule has 1 atom stereocenters. The van der Waals surface area contributed by atoms with Crippen LogP contribution in [0.3, 0.4) is 0 Å². The monoisotopic (exact) mass is 503 g/mol. The first-order valence-electron chi connectivity index (χ1n) is 12.6. The fourth-order valence-electron chi connectivity index (χ4n) is 5.22. The number of aromatic nitrogens is 1. The third kappa shape index (κ3) is 5.32. The van der Waals surface area contributed by atoms with E-state index in [-0.39, 0.29) is 17.6 Å². The van der Waals surface area contributed by atoms with Crippen molar-refractivity contribution in [3.05, 3.63) is 107 Å². The van der Waals surface area contributed by atoms with Crippen LogP contribution in [-0.2, 0) is 11.3 Å². The molecule has 0 saturated carbocycles. The third-order valence-corrected chi connectivity index (χ3v) is 7.50. The number of fused-ring (bicyclic) bond motifs is 1. The second-order valence-corrected chi connectivity index (χ2v) is 9.92. The number of nitrogens with zero attached hydrogens (tertiary/aromatic N) is 3. The van der Waals surface area contributed by atoms with Gasteiger partial charge in [-0.25, -0.2) is 4.39 Å². The first-order valence-corrected chi connectivity index (χ1v) is 13.0. The molecule has 0 spiro atoms. The molecular weight excluding hydrogens is 473 g/mol. The highest BCUT2D eigenvalue weighted by molar-refractivity contribution is 6.30. The zero-order chi connectivity index (χ0) is 25.1. The lowest BCUT2D eigenvalue weighted by molar-refractivity contribution is -0.133. The van der Waals surface area contributed by atoms with Crippen LogP contribution >= 0.6 is 11.6 Å². The number of rotatable bonds is 7. The summed E-state index contributed by atoms with van der Waals surface area (Å²) >= 11 is 6.40. The van der Waals surface area contributed by atoms with E-state index in [9.17, 15) is 9.18 Å². The van der Waals surface area contributed by atoms with Crippen LogP contribution in [-0.4, -0.2) is 53.0 Å². The molecule has 1 aliphatic heterocycles. The SMILES string of the molecule is CCN1CCN(C(=O)CC(c2cccc(Cl)c2)c2cn(Cc3ccc(F)cc3)c3ccccc23)CC1. The first kappa shape index (κ1) is 24.5. The van der Waals surface area contributed by atoms with Gasteiger partial charge in [-0.15, -0.1) is 0 Å². The number of carbonyl (C=O) groups is 1. The van der Waals surface area contributed by atoms with Crippen molar-refractivity contribution in [3.63, 3.8) is 0 Å². The van der Waals surface area contributed by atoms with E-state index in [0.29, 0.717) is 18.0 Å². The Labute approximate surface area is 216 Å². The fraction of sp³-hybridized carbons (Fsp3) is 0.300. The van der Waals surface area contributed by atoms with E-state index in [1.54, 1.807) is 0 Å². The molecule has 0 bridgehead atoms. The molecule has 186 valence electrons. The molecule has 6 heteroatoms. The number of piperazine rings is 1. The van der Waals surface area contributed by atoms with E-state index in [2.05, 4.69) is 40.8 Å². The molecule has 0 aliphatic carbocycles. The maximum absolute atomic E-state index is 13.5. The van der Waals surface area contributed by atoms with Crippen molar-refractivity contribution in [2.45, 2.75) is 25.8 Å². The van der Waals surface area contributed by atoms with Gasteiger partial charge in [0.15, 0.2) is 0 Å². The molecule has 4 aromatic rings. The Bertz CT molecular complexity index is 1340. The van der Waals surface area contributed by atoms with Gasteiger partial charge >= 0.3 is 0 Å². The van der Waals surface area contributed by atoms with Crippen LogP contribution in [0, 0.1) is 5.82 Å². The Morgan fingerprint density at radius 1 is 0.972 bits per heavy atom. The smallest absolute Gasteiger partial charge is 0.223 e. The molecule has 1 aliphatic rings. The molecule has 5 rings (SSSR count). The van der Waals surface area contributed by atoms with Crippen molar-refractivity contribution in [1.29, 1.82) is 0 Å². The molecule has 4 nitrogen and oxygen atoms in total. The second kappa shape index (κ2) is 10.9. The van der Waals surface area contributed by atoms with E-state index in [1.165, 1.54) is 12.1 Å². The lowest BCUT2D eigenvalue weighted by Crippen LogP contribution is -2.48. The van der Waals surface area contributed by atoms with E-state index >= 15 is 0 Å². The summed E-state index contributed by atoms with van der Waals surface area (Å²) in [5.41, 5.74) is 4.25. The molecule has 1 saturated heterocycles. The van der Waals surface area contributed by atoms with Gasteiger partial charge in [0.05, 0.1) is 0 Å². The zero-order valence-corrected chi connectivity index (χ0v) is 21.3. The molecule has 1 amide bonds. The van der Waals surface area contributed by atoms with Crippen molar-refractivity contribution < 1.29 is 9.18 Å². The number of para-hydroxylation sites is 1. The zero-order valence-electron chi connectivity index (χ0n) is 20.5. The minimum absolute atomic E-state index is 0.125. The predicted octanol–water partition coefficient (Wildman–Crippen LogP) is 6.17. The number of carbonyl (C=O) groups excluding carboxylic acids is 1. The highest BCUT2D eigenvalue weighted by Crippen LogP contribution is 2.36. The molecule has 2 heterocycles. The Morgan fingerprint density at radius 3 is 2.44 bits per heavy atom. The Hall–Kier alpha value is -3.15. The molecular formula is C30H31ClFN3O. The van der Waals surface area contributed by atoms with Gasteiger partial charge in [0.2, 0.25) is 5.91 Å². The highest BCUT2D eigenvalue weighted by Gasteiger charge is 2.27. The van der Waals surface area contributed by atoms with Gasteiger partial charge in [-0.3, -0.25) is 4.79 Å². The lowest BCUT2D eigenvalue weighted by atomic mass is 9.87. The molecule has 0 radical (unpaired) electrons. The molecule has 1 fully saturated rings. The molecule has 1 aromatic heterocycles. The number of hydrogen-bond acceptors (Lipinski definition) is 2. The number of amides is 1. The van der Waals surface area contributed by atoms with Crippen LogP contribution in [0.15, 0.2) is 79.0 Å². The largest absolute Gasteiger partial charge is 0.343 e. The normalized spacial score (nSPS) is 15.4. The number of likely N-dealkylation sites (N-methyl/N-ethyl adjacent to an activating group) is 1. The second-order valence-electron chi connectivity index (χ2n) is 9.48. The van der Waals surface area contributed by atoms with Crippen LogP contribution in [0.1, 0.15) is 36.0 Å². The number of halogens is 2. The maximum atomic E-state index is 13.5. The predicted molar refractivity (Wildman–Crippen MR) is 144 cm³/mol. The molecule has 1 unspecified atom stereocenters. The van der Waals surface area contributed by atoms with Crippen molar-refractivity contribution in [2.75, 3.05) is 32.7 Å². The van der Waals surface area contributed by atoms with Crippen molar-refractivity contribution in [2.24, 2.45) is 0 Å². The summed E-state index contributed by atoms with van der Waals surface area (Å²) in [6, 6.07) is 22.8. The van der Waals surface area contributed by atoms with E-state index < -0.39 is 0 Å². The molecule has 36 heavy (non-hydrogen) atoms. The van der Waals surface area contributed by atoms with Gasteiger partial charge in [0.25, 0.3) is 0 Å². The van der Waals surface area contributed by atoms with Crippen LogP contribution in [0.4, 0.5) is 4.39 Å². The standard InChI is InChI=1S/C30H31ClFN3O/c1-2-33-14-16-34(17-15-33)30(36)19-27(23-6-5-7-24(31)18-23)28-21-35(29-9-4-3-8-26(28)29)20-22-10-12-25(32)13-11-22/h3-13,18,21,27H,2,14-17,19-20H2,1H3. The fourth-order valence-corrected chi connectivity index (χ4v) is 5.42. The van der Waals surface area contributed by atoms with Crippen LogP contribution in [0.5, 0.6) is 0 Å². The highest BCUT2D eigenvalue weighted by atomic mass is 35.5. The summed E-state index contributed by atoms with van der Waals surface area (Å²) in [5.74, 6) is -0.193. The Kier molecular flexibility index (Phi) is 7.40. The Morgan fingerprint density at radius 2 is 1.72 bits per heavy atom. The first-order chi connectivity index (χ1) is 17.5. The summed E-state index contributed by atoms with van der Waals surface area (Å²) in [4.78, 5) is 17.9. The maximum Gasteiger partial charge on any atom is 0.223 e. The lowest BCUT2D eigenvalue weighted by Gasteiger charge is -2.35. The average molecular weight is 504 g/mol.